The first-order valence-electron chi connectivity index (χ1n) is 7.03. The molecule has 0 spiro atoms. The summed E-state index contributed by atoms with van der Waals surface area (Å²) in [6.07, 6.45) is 4.42. The van der Waals surface area contributed by atoms with Crippen molar-refractivity contribution in [3.8, 4) is 0 Å². The van der Waals surface area contributed by atoms with Crippen LogP contribution in [-0.2, 0) is 10.8 Å². The van der Waals surface area contributed by atoms with E-state index in [1.807, 2.05) is 30.3 Å². The molecule has 0 N–H and O–H groups in total. The van der Waals surface area contributed by atoms with E-state index in [4.69, 9.17) is 13.3 Å². The Morgan fingerprint density at radius 2 is 1.45 bits per heavy atom. The molecule has 0 aliphatic rings. The minimum absolute atomic E-state index is 0. The first kappa shape index (κ1) is 16.8. The fourth-order valence-electron chi connectivity index (χ4n) is 2.46. The van der Waals surface area contributed by atoms with E-state index in [0.29, 0.717) is 0 Å². The molecule has 4 heteroatoms. The summed E-state index contributed by atoms with van der Waals surface area (Å²) in [7, 11) is 0. The van der Waals surface area contributed by atoms with E-state index in [-0.39, 0.29) is 29.7 Å². The molecule has 0 saturated carbocycles. The van der Waals surface area contributed by atoms with Gasteiger partial charge in [-0.25, -0.2) is 0 Å². The van der Waals surface area contributed by atoms with Gasteiger partial charge >= 0.3 is 18.9 Å². The summed E-state index contributed by atoms with van der Waals surface area (Å²) in [4.78, 5) is 0. The van der Waals surface area contributed by atoms with E-state index in [2.05, 4.69) is 34.0 Å². The standard InChI is InChI=1S/C18H19O3.Li/c1-17(2,13-7-5-11-19-13)15-9-10-16(21-15)18(3,4)14-8-6-12-20-14;/h5-11H,1-4H3;/q-1;+1. The molecule has 3 aromatic heterocycles. The van der Waals surface area contributed by atoms with Crippen LogP contribution in [0, 0.1) is 6.26 Å². The average molecular weight is 290 g/mol. The van der Waals surface area contributed by atoms with Crippen LogP contribution in [0.3, 0.4) is 0 Å². The van der Waals surface area contributed by atoms with Gasteiger partial charge in [-0.05, 0) is 50.1 Å². The molecule has 0 aliphatic heterocycles. The largest absolute Gasteiger partial charge is 1.00 e. The molecule has 0 aliphatic carbocycles. The van der Waals surface area contributed by atoms with Crippen LogP contribution in [-0.4, -0.2) is 0 Å². The van der Waals surface area contributed by atoms with Crippen molar-refractivity contribution in [1.29, 1.82) is 0 Å². The Bertz CT molecular complexity index is 643. The third-order valence-corrected chi connectivity index (χ3v) is 4.06. The molecule has 0 atom stereocenters. The molecule has 0 amide bonds. The van der Waals surface area contributed by atoms with Crippen molar-refractivity contribution in [1.82, 2.24) is 0 Å². The summed E-state index contributed by atoms with van der Waals surface area (Å²) in [5.41, 5.74) is -0.648. The Morgan fingerprint density at radius 1 is 0.818 bits per heavy atom. The van der Waals surface area contributed by atoms with Crippen LogP contribution in [0.1, 0.15) is 50.7 Å². The first-order chi connectivity index (χ1) is 9.92. The van der Waals surface area contributed by atoms with Crippen LogP contribution in [0.4, 0.5) is 0 Å². The Balaban J connectivity index is 0.00000176. The molecule has 0 radical (unpaired) electrons. The molecule has 3 heterocycles. The number of furan rings is 3. The fourth-order valence-corrected chi connectivity index (χ4v) is 2.46. The van der Waals surface area contributed by atoms with E-state index in [0.717, 1.165) is 23.0 Å². The molecule has 0 fully saturated rings. The minimum Gasteiger partial charge on any atom is -0.595 e. The number of hydrogen-bond acceptors (Lipinski definition) is 3. The van der Waals surface area contributed by atoms with Gasteiger partial charge in [-0.3, -0.25) is 0 Å². The minimum atomic E-state index is -0.336. The smallest absolute Gasteiger partial charge is 0.595 e. The third kappa shape index (κ3) is 2.72. The zero-order chi connectivity index (χ0) is 15.1. The summed E-state index contributed by atoms with van der Waals surface area (Å²) in [6.45, 7) is 8.31. The molecule has 3 aromatic rings. The summed E-state index contributed by atoms with van der Waals surface area (Å²) < 4.78 is 17.1. The molecule has 0 aromatic carbocycles. The Morgan fingerprint density at radius 3 is 1.95 bits per heavy atom. The fraction of sp³-hybridized carbons (Fsp3) is 0.333. The second kappa shape index (κ2) is 5.91. The van der Waals surface area contributed by atoms with Gasteiger partial charge in [0.2, 0.25) is 0 Å². The van der Waals surface area contributed by atoms with Crippen LogP contribution in [0.2, 0.25) is 0 Å². The van der Waals surface area contributed by atoms with Crippen LogP contribution in [0.5, 0.6) is 0 Å². The second-order valence-corrected chi connectivity index (χ2v) is 6.31. The molecule has 3 nitrogen and oxygen atoms in total. The van der Waals surface area contributed by atoms with Crippen molar-refractivity contribution < 1.29 is 32.1 Å². The van der Waals surface area contributed by atoms with Gasteiger partial charge in [-0.2, -0.15) is 6.07 Å². The molecular formula is C18H19LiO3. The van der Waals surface area contributed by atoms with Gasteiger partial charge in [-0.1, -0.05) is 13.8 Å². The van der Waals surface area contributed by atoms with Crippen molar-refractivity contribution in [2.45, 2.75) is 38.5 Å². The SMILES string of the molecule is CC(C)(c1cc[c-]o1)c1ccc(C(C)(C)c2ccco2)o1.[Li+]. The van der Waals surface area contributed by atoms with Gasteiger partial charge in [0.05, 0.1) is 11.7 Å². The maximum atomic E-state index is 6.13. The number of hydrogen-bond donors (Lipinski definition) is 0. The first-order valence-corrected chi connectivity index (χ1v) is 7.03. The maximum absolute atomic E-state index is 6.13. The van der Waals surface area contributed by atoms with Crippen molar-refractivity contribution in [3.63, 3.8) is 0 Å². The van der Waals surface area contributed by atoms with Gasteiger partial charge in [-0.15, -0.1) is 6.07 Å². The second-order valence-electron chi connectivity index (χ2n) is 6.31. The average Bonchev–Trinajstić information content (AvgIpc) is 3.19. The Labute approximate surface area is 142 Å². The van der Waals surface area contributed by atoms with Crippen LogP contribution >= 0.6 is 0 Å². The van der Waals surface area contributed by atoms with E-state index < -0.39 is 0 Å². The zero-order valence-electron chi connectivity index (χ0n) is 13.8. The zero-order valence-corrected chi connectivity index (χ0v) is 13.8. The van der Waals surface area contributed by atoms with Crippen molar-refractivity contribution in [3.05, 3.63) is 72.0 Å². The topological polar surface area (TPSA) is 39.4 Å². The molecule has 22 heavy (non-hydrogen) atoms. The summed E-state index contributed by atoms with van der Waals surface area (Å²) in [5.74, 6) is 3.45. The molecule has 0 saturated heterocycles. The van der Waals surface area contributed by atoms with Gasteiger partial charge in [0.25, 0.3) is 0 Å². The van der Waals surface area contributed by atoms with Crippen molar-refractivity contribution >= 4 is 0 Å². The van der Waals surface area contributed by atoms with E-state index in [1.165, 1.54) is 0 Å². The van der Waals surface area contributed by atoms with Crippen LogP contribution in [0.25, 0.3) is 0 Å². The van der Waals surface area contributed by atoms with E-state index >= 15 is 0 Å². The molecule has 3 rings (SSSR count). The molecule has 110 valence electrons. The number of rotatable bonds is 4. The van der Waals surface area contributed by atoms with Crippen molar-refractivity contribution in [2.75, 3.05) is 0 Å². The van der Waals surface area contributed by atoms with Gasteiger partial charge in [0, 0.05) is 5.41 Å². The van der Waals surface area contributed by atoms with Crippen LogP contribution in [0.15, 0.2) is 55.9 Å². The molecule has 0 bridgehead atoms. The summed E-state index contributed by atoms with van der Waals surface area (Å²) >= 11 is 0. The van der Waals surface area contributed by atoms with Gasteiger partial charge in [0.1, 0.15) is 17.3 Å². The quantitative estimate of drug-likeness (QED) is 0.544. The van der Waals surface area contributed by atoms with E-state index in [1.54, 1.807) is 12.3 Å². The third-order valence-electron chi connectivity index (χ3n) is 4.06. The monoisotopic (exact) mass is 290 g/mol. The predicted molar refractivity (Wildman–Crippen MR) is 79.2 cm³/mol. The van der Waals surface area contributed by atoms with Gasteiger partial charge < -0.3 is 13.3 Å². The molecule has 0 unspecified atom stereocenters. The normalized spacial score (nSPS) is 12.2. The van der Waals surface area contributed by atoms with Crippen molar-refractivity contribution in [2.24, 2.45) is 0 Å². The maximum Gasteiger partial charge on any atom is 1.00 e. The predicted octanol–water partition coefficient (Wildman–Crippen LogP) is 1.92. The van der Waals surface area contributed by atoms with Gasteiger partial charge in [0.15, 0.2) is 0 Å². The molecular weight excluding hydrogens is 271 g/mol. The van der Waals surface area contributed by atoms with E-state index in [9.17, 15) is 0 Å². The Kier molecular flexibility index (Phi) is 4.51. The van der Waals surface area contributed by atoms with Crippen LogP contribution < -0.4 is 18.9 Å². The Hall–Kier alpha value is -1.56. The summed E-state index contributed by atoms with van der Waals surface area (Å²) in [6, 6.07) is 11.6. The summed E-state index contributed by atoms with van der Waals surface area (Å²) in [5, 5.41) is 0.